The van der Waals surface area contributed by atoms with Gasteiger partial charge in [0.2, 0.25) is 6.29 Å². The van der Waals surface area contributed by atoms with Gasteiger partial charge in [-0.25, -0.2) is 4.79 Å². The molecule has 0 aliphatic carbocycles. The van der Waals surface area contributed by atoms with Crippen LogP contribution >= 0.6 is 0 Å². The van der Waals surface area contributed by atoms with E-state index < -0.39 is 5.97 Å². The Bertz CT molecular complexity index is 292. The lowest BCUT2D eigenvalue weighted by Gasteiger charge is -2.10. The minimum atomic E-state index is -0.837. The van der Waals surface area contributed by atoms with Gasteiger partial charge < -0.3 is 4.74 Å². The summed E-state index contributed by atoms with van der Waals surface area (Å²) < 4.78 is 4.78. The molecule has 0 aliphatic rings. The van der Waals surface area contributed by atoms with E-state index in [0.717, 1.165) is 5.56 Å². The molecule has 1 rings (SSSR count). The molecule has 0 bridgehead atoms. The minimum Gasteiger partial charge on any atom is -0.452 e. The zero-order valence-electron chi connectivity index (χ0n) is 7.27. The molecule has 0 fully saturated rings. The van der Waals surface area contributed by atoms with Crippen LogP contribution in [0.4, 0.5) is 0 Å². The largest absolute Gasteiger partial charge is 0.452 e. The number of hydrogen-bond donors (Lipinski definition) is 0. The van der Waals surface area contributed by atoms with Crippen molar-refractivity contribution in [1.29, 1.82) is 0 Å². The zero-order valence-corrected chi connectivity index (χ0v) is 7.27. The highest BCUT2D eigenvalue weighted by Crippen LogP contribution is 2.15. The number of aldehydes is 1. The van der Waals surface area contributed by atoms with E-state index in [4.69, 9.17) is 4.74 Å². The molecular weight excluding hydrogens is 168 g/mol. The molecule has 0 saturated heterocycles. The van der Waals surface area contributed by atoms with E-state index in [1.165, 1.54) is 0 Å². The summed E-state index contributed by atoms with van der Waals surface area (Å²) in [7, 11) is 0. The van der Waals surface area contributed by atoms with Gasteiger partial charge in [-0.3, -0.25) is 4.79 Å². The second-order valence-corrected chi connectivity index (χ2v) is 2.61. The molecule has 1 atom stereocenters. The molecule has 0 unspecified atom stereocenters. The zero-order chi connectivity index (χ0) is 9.68. The number of hydrogen-bond acceptors (Lipinski definition) is 3. The van der Waals surface area contributed by atoms with Gasteiger partial charge in [0.1, 0.15) is 6.10 Å². The maximum Gasteiger partial charge on any atom is 0.371 e. The molecule has 0 heterocycles. The fourth-order valence-corrected chi connectivity index (χ4v) is 0.994. The minimum absolute atomic E-state index is 0.166. The van der Waals surface area contributed by atoms with E-state index >= 15 is 0 Å². The average Bonchev–Trinajstić information content (AvgIpc) is 2.19. The highest BCUT2D eigenvalue weighted by molar-refractivity contribution is 6.20. The third-order valence-electron chi connectivity index (χ3n) is 1.66. The molecule has 0 saturated carbocycles. The van der Waals surface area contributed by atoms with Gasteiger partial charge in [-0.2, -0.15) is 0 Å². The van der Waals surface area contributed by atoms with Gasteiger partial charge in [0.15, 0.2) is 0 Å². The van der Waals surface area contributed by atoms with Gasteiger partial charge in [-0.15, -0.1) is 0 Å². The second-order valence-electron chi connectivity index (χ2n) is 2.61. The van der Waals surface area contributed by atoms with Gasteiger partial charge in [0.25, 0.3) is 0 Å². The number of rotatable bonds is 3. The molecule has 3 heteroatoms. The van der Waals surface area contributed by atoms with Crippen LogP contribution in [0.5, 0.6) is 0 Å². The molecular formula is C10H10O3. The first-order valence-electron chi connectivity index (χ1n) is 3.95. The highest BCUT2D eigenvalue weighted by atomic mass is 16.5. The first-order valence-corrected chi connectivity index (χ1v) is 3.95. The van der Waals surface area contributed by atoms with Crippen molar-refractivity contribution in [3.8, 4) is 0 Å². The number of esters is 1. The molecule has 0 N–H and O–H groups in total. The molecule has 1 aromatic carbocycles. The van der Waals surface area contributed by atoms with Crippen LogP contribution in [0, 0.1) is 0 Å². The van der Waals surface area contributed by atoms with Crippen molar-refractivity contribution in [3.63, 3.8) is 0 Å². The lowest BCUT2D eigenvalue weighted by Crippen LogP contribution is -2.09. The van der Waals surface area contributed by atoms with Gasteiger partial charge in [-0.05, 0) is 12.5 Å². The molecule has 0 spiro atoms. The van der Waals surface area contributed by atoms with Gasteiger partial charge in [-0.1, -0.05) is 30.3 Å². The van der Waals surface area contributed by atoms with Crippen molar-refractivity contribution in [2.75, 3.05) is 0 Å². The average molecular weight is 178 g/mol. The van der Waals surface area contributed by atoms with Crippen molar-refractivity contribution in [2.24, 2.45) is 0 Å². The summed E-state index contributed by atoms with van der Waals surface area (Å²) in [5.74, 6) is -0.837. The third-order valence-corrected chi connectivity index (χ3v) is 1.66. The van der Waals surface area contributed by atoms with Crippen molar-refractivity contribution >= 4 is 12.3 Å². The highest BCUT2D eigenvalue weighted by Gasteiger charge is 2.09. The van der Waals surface area contributed by atoms with Crippen LogP contribution in [0.15, 0.2) is 30.3 Å². The van der Waals surface area contributed by atoms with Crippen LogP contribution < -0.4 is 0 Å². The summed E-state index contributed by atoms with van der Waals surface area (Å²) in [4.78, 5) is 20.6. The molecule has 0 aromatic heterocycles. The standard InChI is InChI=1S/C10H10O3/c1-8(13-10(12)7-11)9-5-3-2-4-6-9/h2-8H,1H3/t8-/m1/s1. The molecule has 0 radical (unpaired) electrons. The van der Waals surface area contributed by atoms with Crippen molar-refractivity contribution in [3.05, 3.63) is 35.9 Å². The second kappa shape index (κ2) is 4.40. The number of benzene rings is 1. The molecule has 0 amide bonds. The van der Waals surface area contributed by atoms with Gasteiger partial charge in [0, 0.05) is 0 Å². The van der Waals surface area contributed by atoms with Gasteiger partial charge in [0.05, 0.1) is 0 Å². The Kier molecular flexibility index (Phi) is 3.20. The van der Waals surface area contributed by atoms with Gasteiger partial charge >= 0.3 is 5.97 Å². The Hall–Kier alpha value is -1.64. The van der Waals surface area contributed by atoms with Crippen LogP contribution in [0.25, 0.3) is 0 Å². The SMILES string of the molecule is C[C@@H](OC(=O)C=O)c1ccccc1. The van der Waals surface area contributed by atoms with Crippen molar-refractivity contribution in [2.45, 2.75) is 13.0 Å². The Labute approximate surface area is 76.3 Å². The molecule has 1 aromatic rings. The number of carbonyl (C=O) groups excluding carboxylic acids is 2. The predicted molar refractivity (Wildman–Crippen MR) is 47.0 cm³/mol. The molecule has 13 heavy (non-hydrogen) atoms. The maximum atomic E-state index is 10.6. The first-order chi connectivity index (χ1) is 6.24. The van der Waals surface area contributed by atoms with Crippen LogP contribution in [0.1, 0.15) is 18.6 Å². The van der Waals surface area contributed by atoms with Crippen LogP contribution in [-0.4, -0.2) is 12.3 Å². The number of carbonyl (C=O) groups is 2. The molecule has 0 aliphatic heterocycles. The Morgan fingerprint density at radius 2 is 2.00 bits per heavy atom. The lowest BCUT2D eigenvalue weighted by atomic mass is 10.1. The Balaban J connectivity index is 2.63. The number of ether oxygens (including phenoxy) is 1. The van der Waals surface area contributed by atoms with E-state index in [9.17, 15) is 9.59 Å². The topological polar surface area (TPSA) is 43.4 Å². The fourth-order valence-electron chi connectivity index (χ4n) is 0.994. The van der Waals surface area contributed by atoms with E-state index in [1.54, 1.807) is 6.92 Å². The van der Waals surface area contributed by atoms with Crippen LogP contribution in [-0.2, 0) is 14.3 Å². The first kappa shape index (κ1) is 9.45. The molecule has 68 valence electrons. The summed E-state index contributed by atoms with van der Waals surface area (Å²) in [6, 6.07) is 9.24. The van der Waals surface area contributed by atoms with Crippen molar-refractivity contribution in [1.82, 2.24) is 0 Å². The Morgan fingerprint density at radius 1 is 1.38 bits per heavy atom. The quantitative estimate of drug-likeness (QED) is 0.400. The van der Waals surface area contributed by atoms with Crippen molar-refractivity contribution < 1.29 is 14.3 Å². The third kappa shape index (κ3) is 2.71. The summed E-state index contributed by atoms with van der Waals surface area (Å²) >= 11 is 0. The monoisotopic (exact) mass is 178 g/mol. The lowest BCUT2D eigenvalue weighted by molar-refractivity contribution is -0.152. The summed E-state index contributed by atoms with van der Waals surface area (Å²) in [6.07, 6.45) is -0.210. The maximum absolute atomic E-state index is 10.6. The molecule has 3 nitrogen and oxygen atoms in total. The normalized spacial score (nSPS) is 11.8. The smallest absolute Gasteiger partial charge is 0.371 e. The van der Waals surface area contributed by atoms with Crippen LogP contribution in [0.2, 0.25) is 0 Å². The van der Waals surface area contributed by atoms with E-state index in [1.807, 2.05) is 30.3 Å². The summed E-state index contributed by atoms with van der Waals surface area (Å²) in [5, 5.41) is 0. The van der Waals surface area contributed by atoms with E-state index in [2.05, 4.69) is 0 Å². The van der Waals surface area contributed by atoms with E-state index in [0.29, 0.717) is 0 Å². The Morgan fingerprint density at radius 3 is 2.54 bits per heavy atom. The van der Waals surface area contributed by atoms with Crippen LogP contribution in [0.3, 0.4) is 0 Å². The summed E-state index contributed by atoms with van der Waals surface area (Å²) in [6.45, 7) is 1.72. The summed E-state index contributed by atoms with van der Waals surface area (Å²) in [5.41, 5.74) is 0.873. The van der Waals surface area contributed by atoms with E-state index in [-0.39, 0.29) is 12.4 Å². The fraction of sp³-hybridized carbons (Fsp3) is 0.200. The predicted octanol–water partition coefficient (Wildman–Crippen LogP) is 1.49.